The second-order valence-electron chi connectivity index (χ2n) is 3.45. The van der Waals surface area contributed by atoms with Crippen molar-refractivity contribution in [2.75, 3.05) is 13.7 Å². The molecule has 0 heterocycles. The molecule has 0 spiro atoms. The Hall–Kier alpha value is -1.75. The zero-order chi connectivity index (χ0) is 12.1. The van der Waals surface area contributed by atoms with Crippen LogP contribution in [0.4, 0.5) is 0 Å². The number of nitrogens with one attached hydrogen (secondary N) is 1. The van der Waals surface area contributed by atoms with E-state index in [-0.39, 0.29) is 18.2 Å². The van der Waals surface area contributed by atoms with E-state index in [1.165, 1.54) is 25.3 Å². The summed E-state index contributed by atoms with van der Waals surface area (Å²) in [6, 6.07) is 4.36. The molecule has 0 aromatic heterocycles. The fourth-order valence-corrected chi connectivity index (χ4v) is 1.17. The van der Waals surface area contributed by atoms with Gasteiger partial charge in [-0.3, -0.25) is 4.79 Å². The molecule has 1 rings (SSSR count). The van der Waals surface area contributed by atoms with E-state index in [2.05, 4.69) is 5.32 Å². The number of hydrogen-bond acceptors (Lipinski definition) is 4. The summed E-state index contributed by atoms with van der Waals surface area (Å²) in [5.41, 5.74) is 0.318. The van der Waals surface area contributed by atoms with Crippen LogP contribution in [-0.2, 0) is 0 Å². The molecular formula is C11H15NO4. The highest BCUT2D eigenvalue weighted by atomic mass is 16.5. The number of phenols is 1. The first-order valence-electron chi connectivity index (χ1n) is 4.88. The Morgan fingerprint density at radius 3 is 2.75 bits per heavy atom. The summed E-state index contributed by atoms with van der Waals surface area (Å²) in [4.78, 5) is 11.5. The van der Waals surface area contributed by atoms with Gasteiger partial charge in [0.05, 0.1) is 13.2 Å². The molecule has 1 unspecified atom stereocenters. The van der Waals surface area contributed by atoms with Crippen molar-refractivity contribution in [2.45, 2.75) is 13.0 Å². The molecule has 3 N–H and O–H groups in total. The van der Waals surface area contributed by atoms with Crippen molar-refractivity contribution < 1.29 is 19.7 Å². The third-order valence-corrected chi connectivity index (χ3v) is 2.00. The first kappa shape index (κ1) is 12.3. The van der Waals surface area contributed by atoms with Crippen LogP contribution in [0.15, 0.2) is 18.2 Å². The number of methoxy groups -OCH3 is 1. The molecule has 0 aliphatic rings. The molecule has 1 aromatic rings. The van der Waals surface area contributed by atoms with Gasteiger partial charge in [-0.05, 0) is 25.1 Å². The minimum absolute atomic E-state index is 0.0906. The highest BCUT2D eigenvalue weighted by Crippen LogP contribution is 2.25. The van der Waals surface area contributed by atoms with E-state index in [1.807, 2.05) is 0 Å². The minimum Gasteiger partial charge on any atom is -0.504 e. The second kappa shape index (κ2) is 5.37. The van der Waals surface area contributed by atoms with Crippen LogP contribution in [0.1, 0.15) is 17.3 Å². The number of phenolic OH excluding ortho intramolecular Hbond substituents is 1. The Morgan fingerprint density at radius 2 is 2.25 bits per heavy atom. The number of benzene rings is 1. The number of hydrogen-bond donors (Lipinski definition) is 3. The van der Waals surface area contributed by atoms with Gasteiger partial charge in [0.2, 0.25) is 0 Å². The fraction of sp³-hybridized carbons (Fsp3) is 0.364. The summed E-state index contributed by atoms with van der Waals surface area (Å²) in [6.45, 7) is 1.75. The first-order valence-corrected chi connectivity index (χ1v) is 4.88. The number of amides is 1. The van der Waals surface area contributed by atoms with Crippen LogP contribution < -0.4 is 10.1 Å². The Morgan fingerprint density at radius 1 is 1.56 bits per heavy atom. The average molecular weight is 225 g/mol. The summed E-state index contributed by atoms with van der Waals surface area (Å²) in [7, 11) is 1.43. The van der Waals surface area contributed by atoms with Gasteiger partial charge in [0.15, 0.2) is 11.5 Å². The lowest BCUT2D eigenvalue weighted by atomic mass is 10.2. The van der Waals surface area contributed by atoms with Crippen molar-refractivity contribution in [3.8, 4) is 11.5 Å². The number of rotatable bonds is 4. The minimum atomic E-state index is -0.601. The van der Waals surface area contributed by atoms with Gasteiger partial charge >= 0.3 is 0 Å². The van der Waals surface area contributed by atoms with E-state index in [1.54, 1.807) is 6.92 Å². The molecule has 0 saturated carbocycles. The van der Waals surface area contributed by atoms with Crippen LogP contribution >= 0.6 is 0 Å². The second-order valence-corrected chi connectivity index (χ2v) is 3.45. The molecule has 5 nitrogen and oxygen atoms in total. The van der Waals surface area contributed by atoms with E-state index in [4.69, 9.17) is 9.84 Å². The SMILES string of the molecule is COc1ccc(C(=O)NCC(C)O)cc1O. The number of aliphatic hydroxyl groups is 1. The number of aliphatic hydroxyl groups excluding tert-OH is 1. The number of aromatic hydroxyl groups is 1. The van der Waals surface area contributed by atoms with Crippen molar-refractivity contribution in [3.63, 3.8) is 0 Å². The van der Waals surface area contributed by atoms with Gasteiger partial charge in [0.25, 0.3) is 5.91 Å². The third kappa shape index (κ3) is 3.13. The first-order chi connectivity index (χ1) is 7.54. The zero-order valence-electron chi connectivity index (χ0n) is 9.23. The summed E-state index contributed by atoms with van der Waals surface area (Å²) < 4.78 is 4.86. The lowest BCUT2D eigenvalue weighted by Crippen LogP contribution is -2.30. The molecule has 0 aliphatic carbocycles. The molecule has 0 aliphatic heterocycles. The molecule has 0 fully saturated rings. The van der Waals surface area contributed by atoms with Crippen LogP contribution in [-0.4, -0.2) is 35.9 Å². The van der Waals surface area contributed by atoms with Crippen molar-refractivity contribution in [2.24, 2.45) is 0 Å². The van der Waals surface area contributed by atoms with Gasteiger partial charge in [0, 0.05) is 12.1 Å². The van der Waals surface area contributed by atoms with E-state index in [0.29, 0.717) is 11.3 Å². The molecule has 1 aromatic carbocycles. The largest absolute Gasteiger partial charge is 0.504 e. The smallest absolute Gasteiger partial charge is 0.251 e. The third-order valence-electron chi connectivity index (χ3n) is 2.00. The van der Waals surface area contributed by atoms with Gasteiger partial charge in [-0.2, -0.15) is 0 Å². The molecule has 0 saturated heterocycles. The van der Waals surface area contributed by atoms with E-state index in [9.17, 15) is 9.90 Å². The predicted molar refractivity (Wildman–Crippen MR) is 58.7 cm³/mol. The van der Waals surface area contributed by atoms with Crippen LogP contribution in [0, 0.1) is 0 Å². The topological polar surface area (TPSA) is 78.8 Å². The number of carbonyl (C=O) groups excluding carboxylic acids is 1. The summed E-state index contributed by atoms with van der Waals surface area (Å²) >= 11 is 0. The van der Waals surface area contributed by atoms with Crippen molar-refractivity contribution in [1.29, 1.82) is 0 Å². The Labute approximate surface area is 93.7 Å². The van der Waals surface area contributed by atoms with Gasteiger partial charge < -0.3 is 20.3 Å². The van der Waals surface area contributed by atoms with Crippen molar-refractivity contribution >= 4 is 5.91 Å². The normalized spacial score (nSPS) is 11.9. The fourth-order valence-electron chi connectivity index (χ4n) is 1.17. The quantitative estimate of drug-likeness (QED) is 0.697. The summed E-state index contributed by atoms with van der Waals surface area (Å²) in [6.07, 6.45) is -0.601. The predicted octanol–water partition coefficient (Wildman–Crippen LogP) is 0.511. The monoisotopic (exact) mass is 225 g/mol. The Balaban J connectivity index is 2.73. The van der Waals surface area contributed by atoms with Gasteiger partial charge in [-0.15, -0.1) is 0 Å². The molecule has 1 amide bonds. The molecule has 5 heteroatoms. The summed E-state index contributed by atoms with van der Waals surface area (Å²) in [5.74, 6) is -0.127. The van der Waals surface area contributed by atoms with Crippen LogP contribution in [0.2, 0.25) is 0 Å². The van der Waals surface area contributed by atoms with Crippen LogP contribution in [0.5, 0.6) is 11.5 Å². The van der Waals surface area contributed by atoms with E-state index in [0.717, 1.165) is 0 Å². The molecule has 88 valence electrons. The van der Waals surface area contributed by atoms with E-state index >= 15 is 0 Å². The lowest BCUT2D eigenvalue weighted by Gasteiger charge is -2.08. The molecular weight excluding hydrogens is 210 g/mol. The van der Waals surface area contributed by atoms with Crippen molar-refractivity contribution in [1.82, 2.24) is 5.32 Å². The van der Waals surface area contributed by atoms with Crippen LogP contribution in [0.25, 0.3) is 0 Å². The molecule has 0 radical (unpaired) electrons. The van der Waals surface area contributed by atoms with Crippen molar-refractivity contribution in [3.05, 3.63) is 23.8 Å². The highest BCUT2D eigenvalue weighted by molar-refractivity contribution is 5.94. The molecule has 16 heavy (non-hydrogen) atoms. The van der Waals surface area contributed by atoms with E-state index < -0.39 is 6.10 Å². The summed E-state index contributed by atoms with van der Waals surface area (Å²) in [5, 5.41) is 21.0. The maximum Gasteiger partial charge on any atom is 0.251 e. The number of carbonyl (C=O) groups is 1. The van der Waals surface area contributed by atoms with Gasteiger partial charge in [-0.25, -0.2) is 0 Å². The average Bonchev–Trinajstić information content (AvgIpc) is 2.25. The Bertz CT molecular complexity index is 376. The highest BCUT2D eigenvalue weighted by Gasteiger charge is 2.09. The van der Waals surface area contributed by atoms with Gasteiger partial charge in [0.1, 0.15) is 0 Å². The Kier molecular flexibility index (Phi) is 4.13. The number of ether oxygens (including phenoxy) is 1. The molecule has 1 atom stereocenters. The van der Waals surface area contributed by atoms with Crippen LogP contribution in [0.3, 0.4) is 0 Å². The lowest BCUT2D eigenvalue weighted by molar-refractivity contribution is 0.0923. The standard InChI is InChI=1S/C11H15NO4/c1-7(13)6-12-11(15)8-3-4-10(16-2)9(14)5-8/h3-5,7,13-14H,6H2,1-2H3,(H,12,15). The zero-order valence-corrected chi connectivity index (χ0v) is 9.23. The van der Waals surface area contributed by atoms with Gasteiger partial charge in [-0.1, -0.05) is 0 Å². The maximum absolute atomic E-state index is 11.5. The maximum atomic E-state index is 11.5. The molecule has 0 bridgehead atoms.